The summed E-state index contributed by atoms with van der Waals surface area (Å²) in [7, 11) is 0. The van der Waals surface area contributed by atoms with Gasteiger partial charge < -0.3 is 10.1 Å². The van der Waals surface area contributed by atoms with E-state index in [1.807, 2.05) is 0 Å². The van der Waals surface area contributed by atoms with Crippen molar-refractivity contribution in [2.75, 3.05) is 39.4 Å². The second-order valence-corrected chi connectivity index (χ2v) is 6.45. The number of hydrogen-bond acceptors (Lipinski definition) is 3. The van der Waals surface area contributed by atoms with E-state index in [1.54, 1.807) is 0 Å². The molecular weight excluding hydrogens is 236 g/mol. The SMILES string of the molecule is CCCCN(CC1(CNCC)CCOCC1)C1CC1. The first-order valence-corrected chi connectivity index (χ1v) is 8.32. The lowest BCUT2D eigenvalue weighted by molar-refractivity contribution is -0.00582. The quantitative estimate of drug-likeness (QED) is 0.696. The van der Waals surface area contributed by atoms with Crippen LogP contribution in [0.15, 0.2) is 0 Å². The predicted molar refractivity (Wildman–Crippen MR) is 80.5 cm³/mol. The van der Waals surface area contributed by atoms with Gasteiger partial charge in [-0.25, -0.2) is 0 Å². The van der Waals surface area contributed by atoms with E-state index in [9.17, 15) is 0 Å². The van der Waals surface area contributed by atoms with E-state index in [4.69, 9.17) is 4.74 Å². The third-order valence-corrected chi connectivity index (χ3v) is 4.70. The Hall–Kier alpha value is -0.120. The van der Waals surface area contributed by atoms with E-state index in [0.717, 1.165) is 25.8 Å². The monoisotopic (exact) mass is 268 g/mol. The zero-order chi connectivity index (χ0) is 13.6. The van der Waals surface area contributed by atoms with E-state index in [-0.39, 0.29) is 0 Å². The minimum Gasteiger partial charge on any atom is -0.381 e. The van der Waals surface area contributed by atoms with Gasteiger partial charge in [0, 0.05) is 32.3 Å². The Bertz CT molecular complexity index is 247. The van der Waals surface area contributed by atoms with Crippen LogP contribution in [0.4, 0.5) is 0 Å². The molecule has 0 unspecified atom stereocenters. The number of nitrogens with zero attached hydrogens (tertiary/aromatic N) is 1. The molecule has 2 aliphatic rings. The first-order valence-electron chi connectivity index (χ1n) is 8.32. The van der Waals surface area contributed by atoms with Crippen LogP contribution in [0.3, 0.4) is 0 Å². The molecule has 0 aromatic carbocycles. The molecule has 1 saturated carbocycles. The van der Waals surface area contributed by atoms with Crippen molar-refractivity contribution in [3.05, 3.63) is 0 Å². The molecular formula is C16H32N2O. The third-order valence-electron chi connectivity index (χ3n) is 4.70. The summed E-state index contributed by atoms with van der Waals surface area (Å²) in [4.78, 5) is 2.78. The van der Waals surface area contributed by atoms with Crippen molar-refractivity contribution in [3.8, 4) is 0 Å². The largest absolute Gasteiger partial charge is 0.381 e. The molecule has 0 spiro atoms. The lowest BCUT2D eigenvalue weighted by atomic mass is 9.79. The molecule has 1 aliphatic heterocycles. The Kier molecular flexibility index (Phi) is 6.11. The van der Waals surface area contributed by atoms with E-state index < -0.39 is 0 Å². The molecule has 112 valence electrons. The van der Waals surface area contributed by atoms with Gasteiger partial charge in [0.05, 0.1) is 0 Å². The van der Waals surface area contributed by atoms with Crippen molar-refractivity contribution in [1.82, 2.24) is 10.2 Å². The smallest absolute Gasteiger partial charge is 0.0472 e. The minimum atomic E-state index is 0.463. The van der Waals surface area contributed by atoms with Gasteiger partial charge in [-0.15, -0.1) is 0 Å². The molecule has 0 bridgehead atoms. The molecule has 19 heavy (non-hydrogen) atoms. The average Bonchev–Trinajstić information content (AvgIpc) is 3.27. The molecule has 2 rings (SSSR count). The fourth-order valence-corrected chi connectivity index (χ4v) is 3.21. The molecule has 0 atom stereocenters. The van der Waals surface area contributed by atoms with Gasteiger partial charge in [-0.05, 0) is 50.6 Å². The van der Waals surface area contributed by atoms with Gasteiger partial charge in [0.15, 0.2) is 0 Å². The maximum Gasteiger partial charge on any atom is 0.0472 e. The summed E-state index contributed by atoms with van der Waals surface area (Å²) < 4.78 is 5.60. The van der Waals surface area contributed by atoms with E-state index in [0.29, 0.717) is 5.41 Å². The average molecular weight is 268 g/mol. The molecule has 3 nitrogen and oxygen atoms in total. The van der Waals surface area contributed by atoms with E-state index in [2.05, 4.69) is 24.1 Å². The van der Waals surface area contributed by atoms with Crippen LogP contribution in [0, 0.1) is 5.41 Å². The zero-order valence-corrected chi connectivity index (χ0v) is 12.9. The summed E-state index contributed by atoms with van der Waals surface area (Å²) in [6.07, 6.45) is 7.98. The molecule has 0 amide bonds. The fraction of sp³-hybridized carbons (Fsp3) is 1.00. The number of ether oxygens (including phenoxy) is 1. The van der Waals surface area contributed by atoms with Gasteiger partial charge in [-0.2, -0.15) is 0 Å². The highest BCUT2D eigenvalue weighted by Gasteiger charge is 2.38. The topological polar surface area (TPSA) is 24.5 Å². The highest BCUT2D eigenvalue weighted by Crippen LogP contribution is 2.35. The van der Waals surface area contributed by atoms with Crippen LogP contribution in [-0.2, 0) is 4.74 Å². The van der Waals surface area contributed by atoms with Crippen molar-refractivity contribution in [1.29, 1.82) is 0 Å². The normalized spacial score (nSPS) is 22.9. The van der Waals surface area contributed by atoms with Gasteiger partial charge in [0.2, 0.25) is 0 Å². The van der Waals surface area contributed by atoms with Crippen LogP contribution in [-0.4, -0.2) is 50.3 Å². The first kappa shape index (κ1) is 15.3. The Morgan fingerprint density at radius 2 is 1.95 bits per heavy atom. The third kappa shape index (κ3) is 4.73. The minimum absolute atomic E-state index is 0.463. The highest BCUT2D eigenvalue weighted by atomic mass is 16.5. The van der Waals surface area contributed by atoms with Crippen molar-refractivity contribution in [2.45, 2.75) is 58.4 Å². The zero-order valence-electron chi connectivity index (χ0n) is 12.9. The lowest BCUT2D eigenvalue weighted by Crippen LogP contribution is -2.48. The van der Waals surface area contributed by atoms with Gasteiger partial charge in [0.25, 0.3) is 0 Å². The molecule has 2 fully saturated rings. The number of nitrogens with one attached hydrogen (secondary N) is 1. The maximum absolute atomic E-state index is 5.60. The fourth-order valence-electron chi connectivity index (χ4n) is 3.21. The van der Waals surface area contributed by atoms with Crippen molar-refractivity contribution in [3.63, 3.8) is 0 Å². The van der Waals surface area contributed by atoms with Crippen LogP contribution in [0.5, 0.6) is 0 Å². The second-order valence-electron chi connectivity index (χ2n) is 6.45. The summed E-state index contributed by atoms with van der Waals surface area (Å²) in [5.41, 5.74) is 0.463. The Balaban J connectivity index is 1.91. The first-order chi connectivity index (χ1) is 9.29. The van der Waals surface area contributed by atoms with Crippen LogP contribution in [0.25, 0.3) is 0 Å². The predicted octanol–water partition coefficient (Wildman–Crippen LogP) is 2.66. The van der Waals surface area contributed by atoms with Crippen molar-refractivity contribution < 1.29 is 4.74 Å². The molecule has 1 aliphatic carbocycles. The summed E-state index contributed by atoms with van der Waals surface area (Å²) >= 11 is 0. The van der Waals surface area contributed by atoms with Crippen LogP contribution in [0.2, 0.25) is 0 Å². The molecule has 1 N–H and O–H groups in total. The molecule has 0 aromatic heterocycles. The summed E-state index contributed by atoms with van der Waals surface area (Å²) in [6, 6.07) is 0.896. The maximum atomic E-state index is 5.60. The summed E-state index contributed by atoms with van der Waals surface area (Å²) in [6.45, 7) is 11.3. The summed E-state index contributed by atoms with van der Waals surface area (Å²) in [5.74, 6) is 0. The van der Waals surface area contributed by atoms with Crippen LogP contribution < -0.4 is 5.32 Å². The number of unbranched alkanes of at least 4 members (excludes halogenated alkanes) is 1. The van der Waals surface area contributed by atoms with Gasteiger partial charge in [-0.3, -0.25) is 4.90 Å². The Labute approximate surface area is 119 Å². The van der Waals surface area contributed by atoms with Crippen LogP contribution in [0.1, 0.15) is 52.4 Å². The number of rotatable bonds is 9. The Morgan fingerprint density at radius 1 is 1.21 bits per heavy atom. The standard InChI is InChI=1S/C16H32N2O/c1-3-5-10-18(15-6-7-15)14-16(13-17-4-2)8-11-19-12-9-16/h15,17H,3-14H2,1-2H3. The van der Waals surface area contributed by atoms with Gasteiger partial charge in [0.1, 0.15) is 0 Å². The number of hydrogen-bond donors (Lipinski definition) is 1. The second kappa shape index (κ2) is 7.61. The van der Waals surface area contributed by atoms with Gasteiger partial charge in [-0.1, -0.05) is 20.3 Å². The van der Waals surface area contributed by atoms with Crippen molar-refractivity contribution >= 4 is 0 Å². The van der Waals surface area contributed by atoms with E-state index in [1.165, 1.54) is 58.2 Å². The highest BCUT2D eigenvalue weighted by molar-refractivity contribution is 4.92. The lowest BCUT2D eigenvalue weighted by Gasteiger charge is -2.41. The Morgan fingerprint density at radius 3 is 2.53 bits per heavy atom. The summed E-state index contributed by atoms with van der Waals surface area (Å²) in [5, 5.41) is 3.60. The molecule has 0 radical (unpaired) electrons. The molecule has 3 heteroatoms. The van der Waals surface area contributed by atoms with Crippen LogP contribution >= 0.6 is 0 Å². The van der Waals surface area contributed by atoms with Gasteiger partial charge >= 0.3 is 0 Å². The molecule has 1 heterocycles. The van der Waals surface area contributed by atoms with E-state index >= 15 is 0 Å². The molecule has 0 aromatic rings. The molecule has 1 saturated heterocycles. The van der Waals surface area contributed by atoms with Crippen molar-refractivity contribution in [2.24, 2.45) is 5.41 Å².